The summed E-state index contributed by atoms with van der Waals surface area (Å²) in [6, 6.07) is 7.55. The van der Waals surface area contributed by atoms with Gasteiger partial charge in [-0.15, -0.1) is 0 Å². The topological polar surface area (TPSA) is 93.7 Å². The highest BCUT2D eigenvalue weighted by Crippen LogP contribution is 2.07. The lowest BCUT2D eigenvalue weighted by molar-refractivity contribution is -0.148. The molecule has 0 radical (unpaired) electrons. The van der Waals surface area contributed by atoms with Gasteiger partial charge in [-0.05, 0) is 40.2 Å². The number of hydrogen-bond acceptors (Lipinski definition) is 5. The molecule has 0 heterocycles. The Balaban J connectivity index is 2.41. The largest absolute Gasteiger partial charge is 0.459 e. The van der Waals surface area contributed by atoms with E-state index in [-0.39, 0.29) is 6.61 Å². The average Bonchev–Trinajstić information content (AvgIpc) is 2.51. The lowest BCUT2D eigenvalue weighted by Gasteiger charge is -2.22. The Morgan fingerprint density at radius 2 is 1.60 bits per heavy atom. The second kappa shape index (κ2) is 9.05. The van der Waals surface area contributed by atoms with Crippen molar-refractivity contribution in [3.8, 4) is 0 Å². The van der Waals surface area contributed by atoms with Gasteiger partial charge in [-0.25, -0.2) is 9.59 Å². The van der Waals surface area contributed by atoms with Crippen LogP contribution in [0.2, 0.25) is 0 Å². The molecule has 0 fully saturated rings. The number of carbonyl (C=O) groups is 3. The van der Waals surface area contributed by atoms with Crippen LogP contribution in [0, 0.1) is 0 Å². The van der Waals surface area contributed by atoms with Gasteiger partial charge in [0.2, 0.25) is 5.91 Å². The maximum absolute atomic E-state index is 12.0. The molecule has 0 spiro atoms. The summed E-state index contributed by atoms with van der Waals surface area (Å²) in [5.74, 6) is -1.06. The molecule has 0 bridgehead atoms. The average molecular weight is 350 g/mol. The fourth-order valence-electron chi connectivity index (χ4n) is 1.80. The molecule has 2 N–H and O–H groups in total. The molecule has 7 nitrogen and oxygen atoms in total. The number of rotatable bonds is 6. The van der Waals surface area contributed by atoms with Gasteiger partial charge in [0.25, 0.3) is 0 Å². The van der Waals surface area contributed by atoms with Crippen molar-refractivity contribution in [2.75, 3.05) is 0 Å². The van der Waals surface area contributed by atoms with Crippen molar-refractivity contribution in [2.45, 2.75) is 58.9 Å². The van der Waals surface area contributed by atoms with Gasteiger partial charge in [0.05, 0.1) is 0 Å². The number of carbonyl (C=O) groups excluding carboxylic acids is 3. The molecule has 0 saturated carbocycles. The van der Waals surface area contributed by atoms with Crippen molar-refractivity contribution in [3.05, 3.63) is 35.9 Å². The molecule has 1 aromatic carbocycles. The van der Waals surface area contributed by atoms with Crippen LogP contribution in [0.25, 0.3) is 0 Å². The van der Waals surface area contributed by atoms with E-state index in [0.29, 0.717) is 0 Å². The summed E-state index contributed by atoms with van der Waals surface area (Å²) in [4.78, 5) is 35.6. The minimum absolute atomic E-state index is 0.131. The summed E-state index contributed by atoms with van der Waals surface area (Å²) in [7, 11) is 0. The van der Waals surface area contributed by atoms with Crippen LogP contribution < -0.4 is 10.6 Å². The fraction of sp³-hybridized carbons (Fsp3) is 0.500. The maximum Gasteiger partial charge on any atom is 0.408 e. The first-order valence-corrected chi connectivity index (χ1v) is 8.09. The summed E-state index contributed by atoms with van der Waals surface area (Å²) < 4.78 is 10.2. The highest BCUT2D eigenvalue weighted by Gasteiger charge is 2.24. The minimum Gasteiger partial charge on any atom is -0.459 e. The molecule has 7 heteroatoms. The monoisotopic (exact) mass is 350 g/mol. The van der Waals surface area contributed by atoms with Crippen molar-refractivity contribution in [3.63, 3.8) is 0 Å². The van der Waals surface area contributed by atoms with E-state index >= 15 is 0 Å². The molecule has 0 aliphatic rings. The molecule has 2 atom stereocenters. The van der Waals surface area contributed by atoms with Gasteiger partial charge in [0, 0.05) is 0 Å². The first-order chi connectivity index (χ1) is 11.6. The van der Waals surface area contributed by atoms with E-state index < -0.39 is 35.7 Å². The van der Waals surface area contributed by atoms with Gasteiger partial charge in [-0.3, -0.25) is 4.79 Å². The van der Waals surface area contributed by atoms with Gasteiger partial charge in [0.1, 0.15) is 24.3 Å². The smallest absolute Gasteiger partial charge is 0.408 e. The molecular formula is C18H26N2O5. The van der Waals surface area contributed by atoms with Crippen LogP contribution in [0.3, 0.4) is 0 Å². The molecule has 0 unspecified atom stereocenters. The van der Waals surface area contributed by atoms with Crippen LogP contribution >= 0.6 is 0 Å². The molecular weight excluding hydrogens is 324 g/mol. The van der Waals surface area contributed by atoms with E-state index in [1.54, 1.807) is 20.8 Å². The summed E-state index contributed by atoms with van der Waals surface area (Å²) in [5.41, 5.74) is 0.198. The zero-order chi connectivity index (χ0) is 19.0. The van der Waals surface area contributed by atoms with Crippen LogP contribution in [0.15, 0.2) is 30.3 Å². The van der Waals surface area contributed by atoms with Crippen LogP contribution in [0.1, 0.15) is 40.2 Å². The SMILES string of the molecule is C[C@H](NC(=O)OC(C)(C)C)C(=O)N[C@@H](C)C(=O)OCc1ccccc1. The lowest BCUT2D eigenvalue weighted by atomic mass is 10.2. The van der Waals surface area contributed by atoms with Crippen LogP contribution in [0.5, 0.6) is 0 Å². The van der Waals surface area contributed by atoms with E-state index in [1.807, 2.05) is 30.3 Å². The molecule has 1 rings (SSSR count). The molecule has 2 amide bonds. The summed E-state index contributed by atoms with van der Waals surface area (Å²) in [5, 5.41) is 4.91. The minimum atomic E-state index is -0.848. The highest BCUT2D eigenvalue weighted by atomic mass is 16.6. The Hall–Kier alpha value is -2.57. The number of esters is 1. The molecule has 0 aromatic heterocycles. The van der Waals surface area contributed by atoms with E-state index in [2.05, 4.69) is 10.6 Å². The van der Waals surface area contributed by atoms with E-state index in [1.165, 1.54) is 13.8 Å². The van der Waals surface area contributed by atoms with Gasteiger partial charge in [0.15, 0.2) is 0 Å². The lowest BCUT2D eigenvalue weighted by Crippen LogP contribution is -2.50. The van der Waals surface area contributed by atoms with Crippen molar-refractivity contribution >= 4 is 18.0 Å². The quantitative estimate of drug-likeness (QED) is 0.767. The standard InChI is InChI=1S/C18H26N2O5/c1-12(20-17(23)25-18(3,4)5)15(21)19-13(2)16(22)24-11-14-9-7-6-8-10-14/h6-10,12-13H,11H2,1-5H3,(H,19,21)(H,20,23)/t12-,13-/m0/s1. The van der Waals surface area contributed by atoms with Crippen LogP contribution in [-0.2, 0) is 25.7 Å². The zero-order valence-corrected chi connectivity index (χ0v) is 15.3. The molecule has 138 valence electrons. The molecule has 1 aromatic rings. The molecule has 0 saturated heterocycles. The summed E-state index contributed by atoms with van der Waals surface area (Å²) in [6.07, 6.45) is -0.700. The predicted octanol–water partition coefficient (Wildman–Crippen LogP) is 2.15. The van der Waals surface area contributed by atoms with E-state index in [9.17, 15) is 14.4 Å². The van der Waals surface area contributed by atoms with Crippen LogP contribution in [0.4, 0.5) is 4.79 Å². The van der Waals surface area contributed by atoms with Gasteiger partial charge in [-0.2, -0.15) is 0 Å². The Kier molecular flexibility index (Phi) is 7.42. The summed E-state index contributed by atoms with van der Waals surface area (Å²) >= 11 is 0. The Bertz CT molecular complexity index is 595. The third kappa shape index (κ3) is 8.19. The normalized spacial score (nSPS) is 13.3. The number of benzene rings is 1. The Morgan fingerprint density at radius 3 is 2.16 bits per heavy atom. The third-order valence-electron chi connectivity index (χ3n) is 3.06. The number of alkyl carbamates (subject to hydrolysis) is 1. The van der Waals surface area contributed by atoms with Crippen molar-refractivity contribution in [1.29, 1.82) is 0 Å². The predicted molar refractivity (Wildman–Crippen MR) is 92.7 cm³/mol. The number of nitrogens with one attached hydrogen (secondary N) is 2. The second-order valence-electron chi connectivity index (χ2n) is 6.69. The molecule has 0 aliphatic heterocycles. The highest BCUT2D eigenvalue weighted by molar-refractivity contribution is 5.89. The van der Waals surface area contributed by atoms with E-state index in [0.717, 1.165) is 5.56 Å². The number of amides is 2. The van der Waals surface area contributed by atoms with Gasteiger partial charge < -0.3 is 20.1 Å². The first-order valence-electron chi connectivity index (χ1n) is 8.09. The Labute approximate surface area is 148 Å². The summed E-state index contributed by atoms with van der Waals surface area (Å²) in [6.45, 7) is 8.32. The number of ether oxygens (including phenoxy) is 2. The number of hydrogen-bond donors (Lipinski definition) is 2. The van der Waals surface area contributed by atoms with Crippen molar-refractivity contribution in [2.24, 2.45) is 0 Å². The van der Waals surface area contributed by atoms with E-state index in [4.69, 9.17) is 9.47 Å². The van der Waals surface area contributed by atoms with Gasteiger partial charge >= 0.3 is 12.1 Å². The Morgan fingerprint density at radius 1 is 1.00 bits per heavy atom. The van der Waals surface area contributed by atoms with Crippen molar-refractivity contribution in [1.82, 2.24) is 10.6 Å². The third-order valence-corrected chi connectivity index (χ3v) is 3.06. The zero-order valence-electron chi connectivity index (χ0n) is 15.3. The molecule has 25 heavy (non-hydrogen) atoms. The van der Waals surface area contributed by atoms with Crippen LogP contribution in [-0.4, -0.2) is 35.7 Å². The second-order valence-corrected chi connectivity index (χ2v) is 6.69. The van der Waals surface area contributed by atoms with Gasteiger partial charge in [-0.1, -0.05) is 30.3 Å². The molecule has 0 aliphatic carbocycles. The maximum atomic E-state index is 12.0. The van der Waals surface area contributed by atoms with Crippen molar-refractivity contribution < 1.29 is 23.9 Å². The fourth-order valence-corrected chi connectivity index (χ4v) is 1.80. The first kappa shape index (κ1) is 20.5.